The number of carbonyl (C=O) groups excluding carboxylic acids is 5. The molecule has 1 aromatic heterocycles. The van der Waals surface area contributed by atoms with Gasteiger partial charge in [0.05, 0.1) is 16.0 Å². The number of nitrogens with one attached hydrogen (secondary N) is 1. The van der Waals surface area contributed by atoms with Crippen LogP contribution in [0.15, 0.2) is 66.4 Å². The van der Waals surface area contributed by atoms with Crippen LogP contribution in [0.3, 0.4) is 0 Å². The highest BCUT2D eigenvalue weighted by Crippen LogP contribution is 2.39. The van der Waals surface area contributed by atoms with E-state index in [9.17, 15) is 41.2 Å². The topological polar surface area (TPSA) is 140 Å². The van der Waals surface area contributed by atoms with E-state index >= 15 is 4.39 Å². The molecule has 3 aliphatic rings. The zero-order valence-electron chi connectivity index (χ0n) is 28.2. The number of fused-ring (bicyclic) bond motifs is 2. The fourth-order valence-corrected chi connectivity index (χ4v) is 9.03. The maximum absolute atomic E-state index is 15.9. The number of rotatable bonds is 10. The molecule has 2 heterocycles. The summed E-state index contributed by atoms with van der Waals surface area (Å²) in [4.78, 5) is 66.0. The highest BCUT2D eigenvalue weighted by Gasteiger charge is 2.40. The van der Waals surface area contributed by atoms with E-state index in [1.54, 1.807) is 6.07 Å². The number of benzene rings is 3. The number of halogens is 4. The summed E-state index contributed by atoms with van der Waals surface area (Å²) < 4.78 is 70.0. The average Bonchev–Trinajstić information content (AvgIpc) is 3.63. The predicted molar refractivity (Wildman–Crippen MR) is 191 cm³/mol. The van der Waals surface area contributed by atoms with Gasteiger partial charge in [0.1, 0.15) is 18.3 Å². The van der Waals surface area contributed by atoms with Crippen LogP contribution in [0.5, 0.6) is 0 Å². The van der Waals surface area contributed by atoms with Gasteiger partial charge in [0.15, 0.2) is 33.0 Å². The SMILES string of the molecule is CC(=O)c1cn(CC(=O)N2CC(=C(F)F)C[C@H]2C(=O)Nc2cccc(-c3ccc4c(c3Cl)CCC4=O)c2F)c2ccc(C(=O)CS(=O)(=O)C3CC3)cc12. The maximum Gasteiger partial charge on any atom is 0.271 e. The van der Waals surface area contributed by atoms with Crippen LogP contribution in [0.4, 0.5) is 18.9 Å². The number of ketones is 3. The van der Waals surface area contributed by atoms with Crippen molar-refractivity contribution in [3.8, 4) is 11.1 Å². The minimum absolute atomic E-state index is 0.0415. The van der Waals surface area contributed by atoms with Crippen LogP contribution in [0.1, 0.15) is 69.2 Å². The molecule has 2 aliphatic carbocycles. The molecule has 0 spiro atoms. The monoisotopic (exact) mass is 765 g/mol. The quantitative estimate of drug-likeness (QED) is 0.180. The number of carbonyl (C=O) groups is 5. The Kier molecular flexibility index (Phi) is 9.39. The molecule has 2 fully saturated rings. The van der Waals surface area contributed by atoms with Crippen molar-refractivity contribution in [3.05, 3.63) is 99.5 Å². The van der Waals surface area contributed by atoms with Crippen molar-refractivity contribution >= 4 is 67.2 Å². The minimum Gasteiger partial charge on any atom is -0.337 e. The fraction of sp³-hybridized carbons (Fsp3) is 0.289. The van der Waals surface area contributed by atoms with Gasteiger partial charge >= 0.3 is 0 Å². The first-order valence-electron chi connectivity index (χ1n) is 16.8. The summed E-state index contributed by atoms with van der Waals surface area (Å²) >= 11 is 6.58. The maximum atomic E-state index is 15.9. The number of likely N-dealkylation sites (tertiary alicyclic amines) is 1. The molecule has 2 amide bonds. The van der Waals surface area contributed by atoms with Gasteiger partial charge in [-0.25, -0.2) is 12.8 Å². The number of aromatic nitrogens is 1. The smallest absolute Gasteiger partial charge is 0.271 e. The Labute approximate surface area is 306 Å². The normalized spacial score (nSPS) is 17.0. The summed E-state index contributed by atoms with van der Waals surface area (Å²) in [6.07, 6.45) is 0.530. The number of hydrogen-bond donors (Lipinski definition) is 1. The van der Waals surface area contributed by atoms with Crippen LogP contribution in [-0.2, 0) is 32.4 Å². The van der Waals surface area contributed by atoms with Gasteiger partial charge in [-0.15, -0.1) is 0 Å². The Morgan fingerprint density at radius 3 is 2.42 bits per heavy atom. The van der Waals surface area contributed by atoms with Gasteiger partial charge in [-0.3, -0.25) is 24.0 Å². The van der Waals surface area contributed by atoms with Crippen molar-refractivity contribution in [1.82, 2.24) is 9.47 Å². The second-order valence-corrected chi connectivity index (χ2v) is 16.2. The van der Waals surface area contributed by atoms with Crippen LogP contribution in [0.25, 0.3) is 22.0 Å². The van der Waals surface area contributed by atoms with E-state index in [0.717, 1.165) is 4.90 Å². The van der Waals surface area contributed by atoms with Gasteiger partial charge in [-0.1, -0.05) is 35.9 Å². The van der Waals surface area contributed by atoms with E-state index in [1.165, 1.54) is 60.2 Å². The summed E-state index contributed by atoms with van der Waals surface area (Å²) in [7, 11) is -3.60. The Bertz CT molecular complexity index is 2430. The molecule has 1 saturated carbocycles. The van der Waals surface area contributed by atoms with Crippen molar-refractivity contribution in [3.63, 3.8) is 0 Å². The molecule has 274 valence electrons. The highest BCUT2D eigenvalue weighted by molar-refractivity contribution is 7.93. The van der Waals surface area contributed by atoms with Crippen LogP contribution in [0.2, 0.25) is 5.02 Å². The molecule has 10 nitrogen and oxygen atoms in total. The van der Waals surface area contributed by atoms with E-state index in [2.05, 4.69) is 5.32 Å². The summed E-state index contributed by atoms with van der Waals surface area (Å²) in [5.41, 5.74) is 1.26. The van der Waals surface area contributed by atoms with Gasteiger partial charge < -0.3 is 14.8 Å². The largest absolute Gasteiger partial charge is 0.337 e. The molecule has 1 saturated heterocycles. The highest BCUT2D eigenvalue weighted by atomic mass is 35.5. The molecule has 15 heteroatoms. The molecule has 1 atom stereocenters. The van der Waals surface area contributed by atoms with Gasteiger partial charge in [-0.05, 0) is 56.0 Å². The molecule has 7 rings (SSSR count). The van der Waals surface area contributed by atoms with Gasteiger partial charge in [0.2, 0.25) is 11.8 Å². The van der Waals surface area contributed by atoms with Gasteiger partial charge in [0, 0.05) is 69.9 Å². The molecule has 0 radical (unpaired) electrons. The molecule has 0 bridgehead atoms. The average molecular weight is 766 g/mol. The molecule has 0 unspecified atom stereocenters. The summed E-state index contributed by atoms with van der Waals surface area (Å²) in [6.45, 7) is 0.224. The Morgan fingerprint density at radius 2 is 1.72 bits per heavy atom. The summed E-state index contributed by atoms with van der Waals surface area (Å²) in [5.74, 6) is -4.29. The molecule has 1 aliphatic heterocycles. The van der Waals surface area contributed by atoms with Crippen molar-refractivity contribution in [2.75, 3.05) is 17.6 Å². The number of nitrogens with zero attached hydrogens (tertiary/aromatic N) is 2. The zero-order chi connectivity index (χ0) is 37.9. The van der Waals surface area contributed by atoms with Crippen LogP contribution in [-0.4, -0.2) is 70.6 Å². The van der Waals surface area contributed by atoms with Crippen LogP contribution in [0, 0.1) is 5.82 Å². The first kappa shape index (κ1) is 36.3. The van der Waals surface area contributed by atoms with E-state index in [-0.39, 0.29) is 38.6 Å². The minimum atomic E-state index is -3.60. The molecule has 53 heavy (non-hydrogen) atoms. The molecule has 1 N–H and O–H groups in total. The van der Waals surface area contributed by atoms with E-state index in [4.69, 9.17) is 11.6 Å². The standard InChI is InChI=1S/C38H31ClF3N3O7S/c1-19(46)28-16-44(30-11-5-20(13-27(28)30)33(48)18-53(51,52)22-6-7-22)17-34(49)45-15-21(37(41)42)14-31(45)38(50)43-29-4-2-3-26(36(29)40)25-9-8-23-24(35(25)39)10-12-32(23)47/h2-5,8-9,11,13,16,22,31H,6-7,10,12,14-15,17-18H2,1H3,(H,43,50)/t31-/m0/s1. The van der Waals surface area contributed by atoms with Crippen molar-refractivity contribution in [1.29, 1.82) is 0 Å². The lowest BCUT2D eigenvalue weighted by Crippen LogP contribution is -2.44. The van der Waals surface area contributed by atoms with E-state index < -0.39 is 87.2 Å². The molecule has 3 aromatic carbocycles. The third kappa shape index (κ3) is 6.81. The Morgan fingerprint density at radius 1 is 0.981 bits per heavy atom. The first-order chi connectivity index (χ1) is 25.1. The summed E-state index contributed by atoms with van der Waals surface area (Å²) in [5, 5.41) is 2.42. The lowest BCUT2D eigenvalue weighted by atomic mass is 9.99. The lowest BCUT2D eigenvalue weighted by Gasteiger charge is -2.24. The number of sulfone groups is 1. The third-order valence-electron chi connectivity index (χ3n) is 10.0. The van der Waals surface area contributed by atoms with Crippen LogP contribution >= 0.6 is 11.6 Å². The van der Waals surface area contributed by atoms with Gasteiger partial charge in [-0.2, -0.15) is 8.78 Å². The predicted octanol–water partition coefficient (Wildman–Crippen LogP) is 6.58. The van der Waals surface area contributed by atoms with Crippen LogP contribution < -0.4 is 5.32 Å². The molecular weight excluding hydrogens is 735 g/mol. The lowest BCUT2D eigenvalue weighted by molar-refractivity contribution is -0.137. The van der Waals surface area contributed by atoms with Crippen molar-refractivity contribution in [2.45, 2.75) is 56.9 Å². The molecule has 4 aromatic rings. The Hall–Kier alpha value is -5.08. The van der Waals surface area contributed by atoms with Crippen molar-refractivity contribution in [2.24, 2.45) is 0 Å². The second kappa shape index (κ2) is 13.7. The Balaban J connectivity index is 1.14. The van der Waals surface area contributed by atoms with E-state index in [1.807, 2.05) is 0 Å². The number of Topliss-reactive ketones (excluding diaryl/α,β-unsaturated/α-hetero) is 3. The third-order valence-corrected chi connectivity index (χ3v) is 12.6. The molecular formula is C38H31ClF3N3O7S. The second-order valence-electron chi connectivity index (χ2n) is 13.5. The number of hydrogen-bond acceptors (Lipinski definition) is 7. The van der Waals surface area contributed by atoms with Gasteiger partial charge in [0.25, 0.3) is 6.08 Å². The zero-order valence-corrected chi connectivity index (χ0v) is 29.8. The number of anilines is 1. The first-order valence-corrected chi connectivity index (χ1v) is 18.9. The van der Waals surface area contributed by atoms with E-state index in [0.29, 0.717) is 47.9 Å². The van der Waals surface area contributed by atoms with Crippen molar-refractivity contribution < 1.29 is 45.6 Å². The fourth-order valence-electron chi connectivity index (χ4n) is 7.05. The summed E-state index contributed by atoms with van der Waals surface area (Å²) in [6, 6.07) is 10.1. The number of amides is 2.